The highest BCUT2D eigenvalue weighted by molar-refractivity contribution is 6.16. The van der Waals surface area contributed by atoms with Crippen molar-refractivity contribution in [3.05, 3.63) is 269 Å². The van der Waals surface area contributed by atoms with Crippen LogP contribution < -0.4 is 0 Å². The lowest BCUT2D eigenvalue weighted by molar-refractivity contribution is 0.748. The Bertz CT molecular complexity index is 3120. The van der Waals surface area contributed by atoms with Crippen molar-refractivity contribution >= 4 is 11.3 Å². The molecule has 0 N–H and O–H groups in total. The first-order valence-electron chi connectivity index (χ1n) is 21.4. The SMILES string of the molecule is C1=C(c2ccc(-c3ccccc3)cc2)CC(c2ccccc2)N=C1c1ccccc1-c1ccc(-c2ccc3c(c2)C2(c4ccccc4-c4ccccc42)c2ccccc2-3)cc1. The average molecular weight is 776 g/mol. The zero-order chi connectivity index (χ0) is 40.3. The average Bonchev–Trinajstić information content (AvgIpc) is 3.82. The van der Waals surface area contributed by atoms with Gasteiger partial charge in [-0.25, -0.2) is 0 Å². The highest BCUT2D eigenvalue weighted by Crippen LogP contribution is 2.63. The minimum Gasteiger partial charge on any atom is -0.276 e. The van der Waals surface area contributed by atoms with Crippen LogP contribution in [0.1, 0.15) is 51.4 Å². The summed E-state index contributed by atoms with van der Waals surface area (Å²) in [6.07, 6.45) is 3.17. The van der Waals surface area contributed by atoms with Gasteiger partial charge in [-0.05, 0) is 113 Å². The summed E-state index contributed by atoms with van der Waals surface area (Å²) in [6, 6.07) is 82.5. The van der Waals surface area contributed by atoms with Gasteiger partial charge in [0.25, 0.3) is 0 Å². The summed E-state index contributed by atoms with van der Waals surface area (Å²) >= 11 is 0. The lowest BCUT2D eigenvalue weighted by atomic mass is 9.70. The van der Waals surface area contributed by atoms with E-state index in [1.54, 1.807) is 0 Å². The van der Waals surface area contributed by atoms with E-state index in [1.165, 1.54) is 94.6 Å². The van der Waals surface area contributed by atoms with Gasteiger partial charge in [-0.2, -0.15) is 0 Å². The minimum absolute atomic E-state index is 0.0217. The molecule has 1 spiro atoms. The largest absolute Gasteiger partial charge is 0.276 e. The van der Waals surface area contributed by atoms with E-state index < -0.39 is 0 Å². The molecule has 12 rings (SSSR count). The number of hydrogen-bond donors (Lipinski definition) is 0. The minimum atomic E-state index is -0.358. The molecule has 2 aliphatic carbocycles. The fourth-order valence-electron chi connectivity index (χ4n) is 10.5. The molecule has 0 radical (unpaired) electrons. The van der Waals surface area contributed by atoms with E-state index in [4.69, 9.17) is 4.99 Å². The van der Waals surface area contributed by atoms with Gasteiger partial charge in [0.05, 0.1) is 17.2 Å². The zero-order valence-electron chi connectivity index (χ0n) is 33.7. The molecule has 0 aromatic heterocycles. The quantitative estimate of drug-likeness (QED) is 0.160. The third-order valence-corrected chi connectivity index (χ3v) is 13.3. The number of rotatable bonds is 6. The zero-order valence-corrected chi connectivity index (χ0v) is 33.7. The Hall–Kier alpha value is -7.61. The molecule has 1 unspecified atom stereocenters. The van der Waals surface area contributed by atoms with Gasteiger partial charge in [-0.15, -0.1) is 0 Å². The molecule has 1 heterocycles. The molecule has 0 fully saturated rings. The Balaban J connectivity index is 0.927. The Kier molecular flexibility index (Phi) is 8.28. The number of aliphatic imine (C=N–C) groups is 1. The fourth-order valence-corrected chi connectivity index (χ4v) is 10.5. The normalized spacial score (nSPS) is 15.3. The molecule has 0 saturated heterocycles. The highest BCUT2D eigenvalue weighted by atomic mass is 14.8. The van der Waals surface area contributed by atoms with Gasteiger partial charge in [0, 0.05) is 5.56 Å². The van der Waals surface area contributed by atoms with Crippen molar-refractivity contribution < 1.29 is 0 Å². The first-order valence-corrected chi connectivity index (χ1v) is 21.4. The first-order chi connectivity index (χ1) is 30.2. The maximum absolute atomic E-state index is 5.47. The summed E-state index contributed by atoms with van der Waals surface area (Å²) < 4.78 is 0. The number of hydrogen-bond acceptors (Lipinski definition) is 1. The molecule has 0 bridgehead atoms. The maximum atomic E-state index is 5.47. The van der Waals surface area contributed by atoms with E-state index in [0.29, 0.717) is 0 Å². The number of benzene rings is 9. The maximum Gasteiger partial charge on any atom is 0.0796 e. The van der Waals surface area contributed by atoms with Crippen LogP contribution in [0, 0.1) is 0 Å². The molecule has 1 aliphatic heterocycles. The molecule has 9 aromatic carbocycles. The third-order valence-electron chi connectivity index (χ3n) is 13.3. The summed E-state index contributed by atoms with van der Waals surface area (Å²) in [5.41, 5.74) is 23.6. The number of dihydropyridines is 1. The van der Waals surface area contributed by atoms with Gasteiger partial charge in [0.1, 0.15) is 0 Å². The summed E-state index contributed by atoms with van der Waals surface area (Å²) in [4.78, 5) is 5.47. The van der Waals surface area contributed by atoms with Crippen LogP contribution in [0.2, 0.25) is 0 Å². The fraction of sp³-hybridized carbons (Fsp3) is 0.0500. The molecular formula is C60H41N. The Morgan fingerprint density at radius 2 is 0.754 bits per heavy atom. The number of nitrogens with zero attached hydrogens (tertiary/aromatic N) is 1. The van der Waals surface area contributed by atoms with Crippen LogP contribution in [-0.4, -0.2) is 5.71 Å². The molecule has 3 aliphatic rings. The van der Waals surface area contributed by atoms with Gasteiger partial charge in [-0.1, -0.05) is 218 Å². The molecule has 0 saturated carbocycles. The number of fused-ring (bicyclic) bond motifs is 10. The van der Waals surface area contributed by atoms with E-state index in [9.17, 15) is 0 Å². The standard InChI is InChI=1S/C60H41N/c1-3-15-40(16-4-1)41-27-29-43(30-28-41)47-38-58(45-17-5-2-6-18-45)61-59(39-47)53-23-8-7-19-48(53)44-33-31-42(32-34-44)46-35-36-52-51-22-11-14-26-56(51)60(57(52)37-46)54-24-12-9-20-49(54)50-21-10-13-25-55(50)60/h1-37,39,58H,38H2. The lowest BCUT2D eigenvalue weighted by Gasteiger charge is -2.30. The van der Waals surface area contributed by atoms with Gasteiger partial charge >= 0.3 is 0 Å². The topological polar surface area (TPSA) is 12.4 Å². The Morgan fingerprint density at radius 1 is 0.328 bits per heavy atom. The Morgan fingerprint density at radius 3 is 1.36 bits per heavy atom. The smallest absolute Gasteiger partial charge is 0.0796 e. The molecule has 0 amide bonds. The summed E-state index contributed by atoms with van der Waals surface area (Å²) in [5.74, 6) is 0. The second kappa shape index (κ2) is 14.3. The third kappa shape index (κ3) is 5.65. The van der Waals surface area contributed by atoms with Crippen molar-refractivity contribution in [1.82, 2.24) is 0 Å². The van der Waals surface area contributed by atoms with Gasteiger partial charge in [0.15, 0.2) is 0 Å². The van der Waals surface area contributed by atoms with E-state index >= 15 is 0 Å². The van der Waals surface area contributed by atoms with E-state index in [1.807, 2.05) is 0 Å². The molecule has 1 heteroatoms. The predicted octanol–water partition coefficient (Wildman–Crippen LogP) is 15.0. The van der Waals surface area contributed by atoms with Crippen molar-refractivity contribution in [1.29, 1.82) is 0 Å². The van der Waals surface area contributed by atoms with Crippen molar-refractivity contribution in [3.8, 4) is 55.6 Å². The van der Waals surface area contributed by atoms with Crippen molar-refractivity contribution in [2.75, 3.05) is 0 Å². The van der Waals surface area contributed by atoms with E-state index in [-0.39, 0.29) is 11.5 Å². The number of allylic oxidation sites excluding steroid dienone is 1. The second-order valence-electron chi connectivity index (χ2n) is 16.5. The lowest BCUT2D eigenvalue weighted by Crippen LogP contribution is -2.25. The van der Waals surface area contributed by atoms with Crippen molar-refractivity contribution in [2.45, 2.75) is 17.9 Å². The van der Waals surface area contributed by atoms with E-state index in [0.717, 1.165) is 17.7 Å². The van der Waals surface area contributed by atoms with Crippen LogP contribution in [0.15, 0.2) is 236 Å². The van der Waals surface area contributed by atoms with Crippen molar-refractivity contribution in [2.24, 2.45) is 4.99 Å². The summed E-state index contributed by atoms with van der Waals surface area (Å²) in [7, 11) is 0. The second-order valence-corrected chi connectivity index (χ2v) is 16.5. The van der Waals surface area contributed by atoms with E-state index in [2.05, 4.69) is 231 Å². The van der Waals surface area contributed by atoms with Gasteiger partial charge in [-0.3, -0.25) is 4.99 Å². The van der Waals surface area contributed by atoms with Crippen LogP contribution in [-0.2, 0) is 5.41 Å². The molecule has 1 nitrogen and oxygen atoms in total. The molecular weight excluding hydrogens is 735 g/mol. The summed E-state index contributed by atoms with van der Waals surface area (Å²) in [5, 5.41) is 0. The van der Waals surface area contributed by atoms with Crippen LogP contribution in [0.25, 0.3) is 61.2 Å². The van der Waals surface area contributed by atoms with Crippen LogP contribution in [0.3, 0.4) is 0 Å². The summed E-state index contributed by atoms with van der Waals surface area (Å²) in [6.45, 7) is 0. The molecule has 286 valence electrons. The molecule has 61 heavy (non-hydrogen) atoms. The molecule has 9 aromatic rings. The van der Waals surface area contributed by atoms with Crippen molar-refractivity contribution in [3.63, 3.8) is 0 Å². The van der Waals surface area contributed by atoms with Crippen LogP contribution in [0.4, 0.5) is 0 Å². The van der Waals surface area contributed by atoms with Crippen LogP contribution >= 0.6 is 0 Å². The monoisotopic (exact) mass is 775 g/mol. The predicted molar refractivity (Wildman–Crippen MR) is 254 cm³/mol. The molecule has 1 atom stereocenters. The van der Waals surface area contributed by atoms with Crippen LogP contribution in [0.5, 0.6) is 0 Å². The first kappa shape index (κ1) is 35.3. The highest BCUT2D eigenvalue weighted by Gasteiger charge is 2.51. The van der Waals surface area contributed by atoms with Gasteiger partial charge in [0.2, 0.25) is 0 Å². The van der Waals surface area contributed by atoms with Gasteiger partial charge < -0.3 is 0 Å². The Labute approximate surface area is 357 Å².